The maximum absolute atomic E-state index is 10.6. The molecule has 1 nitrogen and oxygen atoms in total. The van der Waals surface area contributed by atoms with Gasteiger partial charge in [0.2, 0.25) is 0 Å². The van der Waals surface area contributed by atoms with Crippen molar-refractivity contribution >= 4 is 11.8 Å². The van der Waals surface area contributed by atoms with E-state index in [0.717, 1.165) is 5.56 Å². The van der Waals surface area contributed by atoms with Crippen LogP contribution in [0, 0.1) is 6.92 Å². The molecule has 0 heterocycles. The highest BCUT2D eigenvalue weighted by Crippen LogP contribution is 2.40. The molecule has 2 aromatic rings. The van der Waals surface area contributed by atoms with Crippen molar-refractivity contribution < 1.29 is 5.11 Å². The Morgan fingerprint density at radius 1 is 1.10 bits per heavy atom. The Balaban J connectivity index is 1.71. The monoisotopic (exact) mass is 298 g/mol. The highest BCUT2D eigenvalue weighted by molar-refractivity contribution is 7.99. The van der Waals surface area contributed by atoms with Crippen molar-refractivity contribution in [1.29, 1.82) is 0 Å². The van der Waals surface area contributed by atoms with Gasteiger partial charge in [-0.25, -0.2) is 0 Å². The van der Waals surface area contributed by atoms with Gasteiger partial charge in [-0.15, -0.1) is 11.8 Å². The zero-order valence-electron chi connectivity index (χ0n) is 12.5. The molecule has 21 heavy (non-hydrogen) atoms. The Kier molecular flexibility index (Phi) is 4.67. The van der Waals surface area contributed by atoms with Gasteiger partial charge in [0, 0.05) is 10.6 Å². The molecule has 1 atom stereocenters. The minimum absolute atomic E-state index is 0.383. The van der Waals surface area contributed by atoms with Crippen LogP contribution in [-0.2, 0) is 0 Å². The Hall–Kier alpha value is -1.25. The van der Waals surface area contributed by atoms with Gasteiger partial charge in [-0.1, -0.05) is 48.9 Å². The topological polar surface area (TPSA) is 20.2 Å². The van der Waals surface area contributed by atoms with Gasteiger partial charge in [0.1, 0.15) is 0 Å². The van der Waals surface area contributed by atoms with E-state index in [1.165, 1.54) is 35.3 Å². The lowest BCUT2D eigenvalue weighted by atomic mass is 9.77. The maximum Gasteiger partial charge on any atom is 0.0886 e. The number of benzene rings is 2. The van der Waals surface area contributed by atoms with Crippen LogP contribution in [0.4, 0.5) is 0 Å². The van der Waals surface area contributed by atoms with Gasteiger partial charge in [0.15, 0.2) is 0 Å². The summed E-state index contributed by atoms with van der Waals surface area (Å²) in [5.41, 5.74) is 3.77. The number of aliphatic hydroxyl groups is 1. The molecule has 2 heteroatoms. The average molecular weight is 298 g/mol. The van der Waals surface area contributed by atoms with Crippen molar-refractivity contribution in [2.75, 3.05) is 5.75 Å². The molecule has 0 aliphatic heterocycles. The fourth-order valence-electron chi connectivity index (χ4n) is 2.88. The van der Waals surface area contributed by atoms with E-state index < -0.39 is 0 Å². The molecular formula is C19H22OS. The molecule has 1 N–H and O–H groups in total. The van der Waals surface area contributed by atoms with Gasteiger partial charge >= 0.3 is 0 Å². The van der Waals surface area contributed by atoms with Crippen LogP contribution >= 0.6 is 11.8 Å². The Morgan fingerprint density at radius 3 is 2.52 bits per heavy atom. The molecular weight excluding hydrogens is 276 g/mol. The lowest BCUT2D eigenvalue weighted by Gasteiger charge is -2.29. The molecule has 1 aliphatic rings. The summed E-state index contributed by atoms with van der Waals surface area (Å²) in [5.74, 6) is 1.38. The van der Waals surface area contributed by atoms with Gasteiger partial charge in [-0.2, -0.15) is 0 Å². The first-order chi connectivity index (χ1) is 10.3. The maximum atomic E-state index is 10.6. The third kappa shape index (κ3) is 3.33. The minimum atomic E-state index is -0.383. The molecule has 0 radical (unpaired) electrons. The highest BCUT2D eigenvalue weighted by atomic mass is 32.2. The second-order valence-corrected chi connectivity index (χ2v) is 6.91. The second-order valence-electron chi connectivity index (χ2n) is 5.85. The van der Waals surface area contributed by atoms with E-state index in [1.54, 1.807) is 11.8 Å². The first-order valence-corrected chi connectivity index (χ1v) is 8.69. The van der Waals surface area contributed by atoms with Crippen LogP contribution in [-0.4, -0.2) is 10.9 Å². The number of thioether (sulfide) groups is 1. The van der Waals surface area contributed by atoms with Gasteiger partial charge in [-0.3, -0.25) is 0 Å². The standard InChI is InChI=1S/C19H22OS/c1-14-7-2-5-12-19(14)21-13-18(20)17-11-4-3-10-16(17)15-8-6-9-15/h2-5,7,10-12,15,18,20H,6,8-9,13H2,1H3. The van der Waals surface area contributed by atoms with E-state index in [4.69, 9.17) is 0 Å². The smallest absolute Gasteiger partial charge is 0.0886 e. The molecule has 3 rings (SSSR count). The van der Waals surface area contributed by atoms with E-state index in [0.29, 0.717) is 11.7 Å². The van der Waals surface area contributed by atoms with E-state index >= 15 is 0 Å². The van der Waals surface area contributed by atoms with Crippen molar-refractivity contribution in [2.45, 2.75) is 43.1 Å². The number of aliphatic hydroxyl groups excluding tert-OH is 1. The molecule has 1 saturated carbocycles. The number of hydrogen-bond acceptors (Lipinski definition) is 2. The van der Waals surface area contributed by atoms with E-state index in [2.05, 4.69) is 49.4 Å². The van der Waals surface area contributed by atoms with Gasteiger partial charge < -0.3 is 5.11 Å². The molecule has 1 aliphatic carbocycles. The summed E-state index contributed by atoms with van der Waals surface area (Å²) in [7, 11) is 0. The van der Waals surface area contributed by atoms with Crippen LogP contribution in [0.25, 0.3) is 0 Å². The summed E-state index contributed by atoms with van der Waals surface area (Å²) in [5, 5.41) is 10.6. The largest absolute Gasteiger partial charge is 0.388 e. The van der Waals surface area contributed by atoms with Crippen molar-refractivity contribution in [1.82, 2.24) is 0 Å². The van der Waals surface area contributed by atoms with E-state index in [-0.39, 0.29) is 6.10 Å². The Labute approximate surface area is 131 Å². The average Bonchev–Trinajstić information content (AvgIpc) is 2.45. The number of rotatable bonds is 5. The van der Waals surface area contributed by atoms with Gasteiger partial charge in [-0.05, 0) is 48.4 Å². The third-order valence-electron chi connectivity index (χ3n) is 4.39. The van der Waals surface area contributed by atoms with Crippen LogP contribution < -0.4 is 0 Å². The molecule has 0 spiro atoms. The van der Waals surface area contributed by atoms with Crippen molar-refractivity contribution in [3.05, 3.63) is 65.2 Å². The second kappa shape index (κ2) is 6.67. The zero-order valence-corrected chi connectivity index (χ0v) is 13.3. The highest BCUT2D eigenvalue weighted by Gasteiger charge is 2.24. The van der Waals surface area contributed by atoms with Crippen LogP contribution in [0.2, 0.25) is 0 Å². The Bertz CT molecular complexity index is 604. The molecule has 1 unspecified atom stereocenters. The summed E-state index contributed by atoms with van der Waals surface area (Å²) in [4.78, 5) is 1.26. The predicted molar refractivity (Wildman–Crippen MR) is 89.9 cm³/mol. The zero-order chi connectivity index (χ0) is 14.7. The molecule has 110 valence electrons. The number of aryl methyl sites for hydroxylation is 1. The lowest BCUT2D eigenvalue weighted by molar-refractivity contribution is 0.201. The van der Waals surface area contributed by atoms with Crippen molar-refractivity contribution in [3.63, 3.8) is 0 Å². The first-order valence-electron chi connectivity index (χ1n) is 7.71. The number of hydrogen-bond donors (Lipinski definition) is 1. The third-order valence-corrected chi connectivity index (χ3v) is 5.64. The first kappa shape index (κ1) is 14.7. The van der Waals surface area contributed by atoms with E-state index in [9.17, 15) is 5.11 Å². The lowest BCUT2D eigenvalue weighted by Crippen LogP contribution is -2.14. The van der Waals surface area contributed by atoms with Crippen LogP contribution in [0.3, 0.4) is 0 Å². The molecule has 0 aromatic heterocycles. The fourth-order valence-corrected chi connectivity index (χ4v) is 3.87. The van der Waals surface area contributed by atoms with Crippen LogP contribution in [0.1, 0.15) is 48.0 Å². The minimum Gasteiger partial charge on any atom is -0.388 e. The molecule has 1 fully saturated rings. The molecule has 2 aromatic carbocycles. The summed E-state index contributed by atoms with van der Waals surface area (Å²) < 4.78 is 0. The van der Waals surface area contributed by atoms with Crippen molar-refractivity contribution in [3.8, 4) is 0 Å². The quantitative estimate of drug-likeness (QED) is 0.776. The summed E-state index contributed by atoms with van der Waals surface area (Å²) >= 11 is 1.75. The van der Waals surface area contributed by atoms with Gasteiger partial charge in [0.05, 0.1) is 6.10 Å². The fraction of sp³-hybridized carbons (Fsp3) is 0.368. The SMILES string of the molecule is Cc1ccccc1SCC(O)c1ccccc1C1CCC1. The van der Waals surface area contributed by atoms with E-state index in [1.807, 2.05) is 6.07 Å². The molecule has 0 saturated heterocycles. The predicted octanol–water partition coefficient (Wildman–Crippen LogP) is 5.09. The Morgan fingerprint density at radius 2 is 1.81 bits per heavy atom. The van der Waals surface area contributed by atoms with Crippen molar-refractivity contribution in [2.24, 2.45) is 0 Å². The molecule has 0 bridgehead atoms. The van der Waals surface area contributed by atoms with Crippen LogP contribution in [0.5, 0.6) is 0 Å². The van der Waals surface area contributed by atoms with Gasteiger partial charge in [0.25, 0.3) is 0 Å². The summed E-state index contributed by atoms with van der Waals surface area (Å²) in [6.07, 6.45) is 3.49. The van der Waals surface area contributed by atoms with Crippen LogP contribution in [0.15, 0.2) is 53.4 Å². The summed E-state index contributed by atoms with van der Waals surface area (Å²) in [6, 6.07) is 16.8. The summed E-state index contributed by atoms with van der Waals surface area (Å²) in [6.45, 7) is 2.12. The molecule has 0 amide bonds. The normalized spacial score (nSPS) is 16.5.